The fraction of sp³-hybridized carbons (Fsp3) is 0.400. The van der Waals surface area contributed by atoms with Crippen molar-refractivity contribution in [2.45, 2.75) is 60.2 Å². The third-order valence-electron chi connectivity index (χ3n) is 6.25. The molecule has 2 amide bonds. The number of aromatic nitrogens is 1. The van der Waals surface area contributed by atoms with Crippen molar-refractivity contribution in [3.05, 3.63) is 95.3 Å². The highest BCUT2D eigenvalue weighted by Crippen LogP contribution is 2.15. The summed E-state index contributed by atoms with van der Waals surface area (Å²) in [4.78, 5) is 30.5. The van der Waals surface area contributed by atoms with Gasteiger partial charge >= 0.3 is 0 Å². The van der Waals surface area contributed by atoms with Crippen LogP contribution >= 0.6 is 0 Å². The summed E-state index contributed by atoms with van der Waals surface area (Å²) in [6.07, 6.45) is 2.91. The van der Waals surface area contributed by atoms with E-state index >= 15 is 0 Å². The van der Waals surface area contributed by atoms with Crippen LogP contribution < -0.4 is 0 Å². The molecule has 186 valence electrons. The van der Waals surface area contributed by atoms with Crippen LogP contribution in [0.25, 0.3) is 0 Å². The average Bonchev–Trinajstić information content (AvgIpc) is 3.26. The monoisotopic (exact) mass is 473 g/mol. The molecule has 5 nitrogen and oxygen atoms in total. The molecule has 1 heterocycles. The number of amides is 2. The summed E-state index contributed by atoms with van der Waals surface area (Å²) in [5.41, 5.74) is 3.97. The second kappa shape index (κ2) is 12.4. The van der Waals surface area contributed by atoms with Crippen molar-refractivity contribution >= 4 is 11.8 Å². The number of carbonyl (C=O) groups is 2. The number of hydrogen-bond donors (Lipinski definition) is 0. The zero-order valence-electron chi connectivity index (χ0n) is 21.8. The molecule has 0 bridgehead atoms. The second-order valence-corrected chi connectivity index (χ2v) is 10.0. The highest BCUT2D eigenvalue weighted by Gasteiger charge is 2.25. The quantitative estimate of drug-likeness (QED) is 0.355. The molecule has 0 aliphatic carbocycles. The molecule has 0 fully saturated rings. The Morgan fingerprint density at radius 2 is 1.66 bits per heavy atom. The molecule has 1 aromatic heterocycles. The number of nitrogens with zero attached hydrogens (tertiary/aromatic N) is 3. The molecule has 3 rings (SSSR count). The maximum Gasteiger partial charge on any atom is 0.254 e. The Labute approximate surface area is 210 Å². The number of aryl methyl sites for hydroxylation is 1. The van der Waals surface area contributed by atoms with Gasteiger partial charge in [0.15, 0.2) is 0 Å². The molecule has 35 heavy (non-hydrogen) atoms. The van der Waals surface area contributed by atoms with Gasteiger partial charge in [-0.1, -0.05) is 61.9 Å². The Bertz CT molecular complexity index is 1100. The highest BCUT2D eigenvalue weighted by molar-refractivity contribution is 5.96. The number of carbonyl (C=O) groups excluding carboxylic acids is 2. The lowest BCUT2D eigenvalue weighted by Crippen LogP contribution is -2.46. The van der Waals surface area contributed by atoms with Gasteiger partial charge in [-0.3, -0.25) is 9.59 Å². The lowest BCUT2D eigenvalue weighted by Gasteiger charge is -2.31. The zero-order chi connectivity index (χ0) is 25.4. The van der Waals surface area contributed by atoms with Crippen LogP contribution in [0.2, 0.25) is 0 Å². The van der Waals surface area contributed by atoms with E-state index in [1.165, 1.54) is 5.56 Å². The summed E-state index contributed by atoms with van der Waals surface area (Å²) in [6, 6.07) is 22.0. The molecule has 5 heteroatoms. The van der Waals surface area contributed by atoms with Crippen LogP contribution in [0.15, 0.2) is 72.9 Å². The second-order valence-electron chi connectivity index (χ2n) is 10.0. The minimum absolute atomic E-state index is 0.0172. The van der Waals surface area contributed by atoms with Crippen LogP contribution in [0.5, 0.6) is 0 Å². The first-order valence-electron chi connectivity index (χ1n) is 12.6. The molecule has 0 atom stereocenters. The van der Waals surface area contributed by atoms with Crippen molar-refractivity contribution in [1.82, 2.24) is 14.4 Å². The number of benzene rings is 2. The van der Waals surface area contributed by atoms with Crippen molar-refractivity contribution in [2.75, 3.05) is 13.1 Å². The summed E-state index contributed by atoms with van der Waals surface area (Å²) < 4.78 is 2.19. The topological polar surface area (TPSA) is 45.6 Å². The maximum absolute atomic E-state index is 13.6. The maximum atomic E-state index is 13.6. The first-order valence-corrected chi connectivity index (χ1v) is 12.6. The van der Waals surface area contributed by atoms with Crippen molar-refractivity contribution in [3.63, 3.8) is 0 Å². The van der Waals surface area contributed by atoms with Gasteiger partial charge in [-0.25, -0.2) is 0 Å². The van der Waals surface area contributed by atoms with Crippen molar-refractivity contribution in [1.29, 1.82) is 0 Å². The van der Waals surface area contributed by atoms with Crippen LogP contribution in [0.1, 0.15) is 61.3 Å². The van der Waals surface area contributed by atoms with E-state index in [-0.39, 0.29) is 24.4 Å². The molecule has 0 aliphatic heterocycles. The molecular weight excluding hydrogens is 434 g/mol. The Hall–Kier alpha value is -3.34. The standard InChI is InChI=1S/C30H39N3O2/c1-23(2)16-18-32(30(35)27-14-9-11-25(5)19-27)22-29(34)33(24(3)4)21-28-15-10-17-31(28)20-26-12-7-6-8-13-26/h6-15,17,19,23-24H,16,18,20-22H2,1-5H3. The predicted octanol–water partition coefficient (Wildman–Crippen LogP) is 5.77. The van der Waals surface area contributed by atoms with E-state index in [2.05, 4.69) is 42.8 Å². The summed E-state index contributed by atoms with van der Waals surface area (Å²) in [5.74, 6) is 0.330. The normalized spacial score (nSPS) is 11.2. The molecule has 0 radical (unpaired) electrons. The lowest BCUT2D eigenvalue weighted by molar-refractivity contribution is -0.134. The van der Waals surface area contributed by atoms with Crippen LogP contribution in [-0.4, -0.2) is 45.3 Å². The first kappa shape index (κ1) is 26.3. The van der Waals surface area contributed by atoms with Crippen LogP contribution in [0, 0.1) is 12.8 Å². The molecule has 2 aromatic carbocycles. The third kappa shape index (κ3) is 7.57. The van der Waals surface area contributed by atoms with Crippen LogP contribution in [-0.2, 0) is 17.9 Å². The fourth-order valence-electron chi connectivity index (χ4n) is 4.14. The van der Waals surface area contributed by atoms with Gasteiger partial charge in [-0.15, -0.1) is 0 Å². The van der Waals surface area contributed by atoms with Gasteiger partial charge in [0.1, 0.15) is 6.54 Å². The minimum Gasteiger partial charge on any atom is -0.345 e. The summed E-state index contributed by atoms with van der Waals surface area (Å²) in [7, 11) is 0. The van der Waals surface area contributed by atoms with E-state index in [4.69, 9.17) is 0 Å². The van der Waals surface area contributed by atoms with E-state index in [0.717, 1.165) is 24.2 Å². The highest BCUT2D eigenvalue weighted by atomic mass is 16.2. The molecule has 0 unspecified atom stereocenters. The van der Waals surface area contributed by atoms with Gasteiger partial charge in [0.2, 0.25) is 5.91 Å². The SMILES string of the molecule is Cc1cccc(C(=O)N(CCC(C)C)CC(=O)N(Cc2cccn2Cc2ccccc2)C(C)C)c1. The zero-order valence-corrected chi connectivity index (χ0v) is 21.8. The number of rotatable bonds is 11. The Kier molecular flexibility index (Phi) is 9.30. The lowest BCUT2D eigenvalue weighted by atomic mass is 10.1. The summed E-state index contributed by atoms with van der Waals surface area (Å²) in [5, 5.41) is 0. The van der Waals surface area contributed by atoms with E-state index in [1.807, 2.05) is 74.2 Å². The van der Waals surface area contributed by atoms with Gasteiger partial charge in [0, 0.05) is 36.6 Å². The van der Waals surface area contributed by atoms with Gasteiger partial charge in [0.05, 0.1) is 6.54 Å². The van der Waals surface area contributed by atoms with Crippen molar-refractivity contribution in [2.24, 2.45) is 5.92 Å². The predicted molar refractivity (Wildman–Crippen MR) is 142 cm³/mol. The van der Waals surface area contributed by atoms with E-state index < -0.39 is 0 Å². The minimum atomic E-state index is -0.0844. The van der Waals surface area contributed by atoms with Crippen molar-refractivity contribution in [3.8, 4) is 0 Å². The van der Waals surface area contributed by atoms with Crippen LogP contribution in [0.4, 0.5) is 0 Å². The smallest absolute Gasteiger partial charge is 0.254 e. The van der Waals surface area contributed by atoms with Crippen molar-refractivity contribution < 1.29 is 9.59 Å². The summed E-state index contributed by atoms with van der Waals surface area (Å²) >= 11 is 0. The van der Waals surface area contributed by atoms with Crippen LogP contribution in [0.3, 0.4) is 0 Å². The molecule has 0 N–H and O–H groups in total. The van der Waals surface area contributed by atoms with Gasteiger partial charge in [0.25, 0.3) is 5.91 Å². The molecule has 0 saturated heterocycles. The molecule has 0 saturated carbocycles. The van der Waals surface area contributed by atoms with E-state index in [0.29, 0.717) is 24.6 Å². The first-order chi connectivity index (χ1) is 16.7. The molecule has 0 aliphatic rings. The van der Waals surface area contributed by atoms with E-state index in [9.17, 15) is 9.59 Å². The number of hydrogen-bond acceptors (Lipinski definition) is 2. The Morgan fingerprint density at radius 3 is 2.31 bits per heavy atom. The van der Waals surface area contributed by atoms with Gasteiger partial charge in [-0.2, -0.15) is 0 Å². The van der Waals surface area contributed by atoms with Gasteiger partial charge < -0.3 is 14.4 Å². The Balaban J connectivity index is 1.77. The fourth-order valence-corrected chi connectivity index (χ4v) is 4.14. The molecule has 0 spiro atoms. The summed E-state index contributed by atoms with van der Waals surface area (Å²) in [6.45, 7) is 12.2. The molecule has 3 aromatic rings. The third-order valence-corrected chi connectivity index (χ3v) is 6.25. The average molecular weight is 474 g/mol. The van der Waals surface area contributed by atoms with Gasteiger partial charge in [-0.05, 0) is 62.9 Å². The molecular formula is C30H39N3O2. The van der Waals surface area contributed by atoms with E-state index in [1.54, 1.807) is 4.90 Å². The Morgan fingerprint density at radius 1 is 0.914 bits per heavy atom. The largest absolute Gasteiger partial charge is 0.345 e.